The van der Waals surface area contributed by atoms with Crippen molar-refractivity contribution in [1.29, 1.82) is 0 Å². The fourth-order valence-electron chi connectivity index (χ4n) is 6.67. The van der Waals surface area contributed by atoms with E-state index in [2.05, 4.69) is 22.9 Å². The summed E-state index contributed by atoms with van der Waals surface area (Å²) in [5.74, 6) is -1.84. The molecule has 3 aliphatic rings. The molecule has 14 heteroatoms. The maximum atomic E-state index is 15.1. The summed E-state index contributed by atoms with van der Waals surface area (Å²) in [5.41, 5.74) is 4.20. The molecule has 0 radical (unpaired) electrons. The van der Waals surface area contributed by atoms with Crippen molar-refractivity contribution in [2.24, 2.45) is 0 Å². The van der Waals surface area contributed by atoms with Crippen LogP contribution in [0.15, 0.2) is 16.9 Å². The zero-order valence-electron chi connectivity index (χ0n) is 25.9. The van der Waals surface area contributed by atoms with Gasteiger partial charge in [-0.05, 0) is 49.6 Å². The van der Waals surface area contributed by atoms with Gasteiger partial charge in [0.2, 0.25) is 11.8 Å². The average Bonchev–Trinajstić information content (AvgIpc) is 3.39. The number of fused-ring (bicyclic) bond motifs is 5. The first-order valence-electron chi connectivity index (χ1n) is 15.1. The number of ether oxygens (including phenoxy) is 3. The maximum Gasteiger partial charge on any atom is 0.340 e. The van der Waals surface area contributed by atoms with Crippen LogP contribution < -0.4 is 21.5 Å². The smallest absolute Gasteiger partial charge is 0.340 e. The minimum atomic E-state index is -1.57. The third-order valence-electron chi connectivity index (χ3n) is 9.05. The van der Waals surface area contributed by atoms with Crippen LogP contribution in [-0.2, 0) is 53.6 Å². The second kappa shape index (κ2) is 12.5. The molecule has 4 heterocycles. The van der Waals surface area contributed by atoms with Gasteiger partial charge in [-0.3, -0.25) is 14.4 Å². The Kier molecular flexibility index (Phi) is 8.63. The summed E-state index contributed by atoms with van der Waals surface area (Å²) in [5, 5.41) is 19.1. The van der Waals surface area contributed by atoms with Crippen LogP contribution in [0.3, 0.4) is 0 Å². The van der Waals surface area contributed by atoms with Crippen molar-refractivity contribution in [2.75, 3.05) is 46.7 Å². The van der Waals surface area contributed by atoms with Gasteiger partial charge in [-0.25, -0.2) is 14.2 Å². The van der Waals surface area contributed by atoms with Gasteiger partial charge in [0.1, 0.15) is 19.2 Å². The molecule has 4 N–H and O–H groups in total. The van der Waals surface area contributed by atoms with E-state index < -0.39 is 17.5 Å². The third kappa shape index (κ3) is 5.55. The lowest BCUT2D eigenvalue weighted by atomic mass is 9.69. The molecule has 2 aromatic heterocycles. The van der Waals surface area contributed by atoms with Crippen molar-refractivity contribution in [2.45, 2.75) is 51.4 Å². The molecule has 0 saturated carbocycles. The summed E-state index contributed by atoms with van der Waals surface area (Å²) < 4.78 is 33.3. The zero-order valence-corrected chi connectivity index (χ0v) is 25.9. The van der Waals surface area contributed by atoms with Crippen molar-refractivity contribution in [3.63, 3.8) is 0 Å². The molecule has 3 aromatic rings. The number of nitrogens with one attached hydrogen (secondary N) is 3. The van der Waals surface area contributed by atoms with Gasteiger partial charge in [0, 0.05) is 28.0 Å². The van der Waals surface area contributed by atoms with E-state index >= 15 is 4.39 Å². The Balaban J connectivity index is 1.22. The number of aromatic nitrogens is 2. The number of benzene rings is 1. The minimum Gasteiger partial charge on any atom is -0.458 e. The molecule has 244 valence electrons. The summed E-state index contributed by atoms with van der Waals surface area (Å²) in [6.07, 6.45) is -0.294. The van der Waals surface area contributed by atoms with Gasteiger partial charge >= 0.3 is 5.97 Å². The number of halogens is 1. The Hall–Kier alpha value is -4.24. The van der Waals surface area contributed by atoms with E-state index in [1.54, 1.807) is 24.6 Å². The van der Waals surface area contributed by atoms with E-state index in [4.69, 9.17) is 19.2 Å². The van der Waals surface area contributed by atoms with Gasteiger partial charge in [0.15, 0.2) is 6.10 Å². The number of cyclic esters (lactones) is 1. The van der Waals surface area contributed by atoms with Crippen molar-refractivity contribution >= 4 is 28.7 Å². The Morgan fingerprint density at radius 1 is 1.13 bits per heavy atom. The van der Waals surface area contributed by atoms with Crippen LogP contribution >= 0.6 is 0 Å². The quantitative estimate of drug-likeness (QED) is 0.104. The molecule has 0 spiro atoms. The number of carbonyl (C=O) groups is 3. The van der Waals surface area contributed by atoms with Gasteiger partial charge in [-0.2, -0.15) is 0 Å². The topological polar surface area (TPSA) is 170 Å². The number of hydrogen-bond donors (Lipinski definition) is 4. The minimum absolute atomic E-state index is 0.0413. The van der Waals surface area contributed by atoms with Gasteiger partial charge in [-0.15, -0.1) is 0 Å². The van der Waals surface area contributed by atoms with Crippen LogP contribution in [0.4, 0.5) is 4.39 Å². The Morgan fingerprint density at radius 2 is 1.89 bits per heavy atom. The highest BCUT2D eigenvalue weighted by Gasteiger charge is 2.41. The molecule has 0 fully saturated rings. The molecule has 1 aliphatic carbocycles. The molecular formula is C32H36FN5O8. The Bertz CT molecular complexity index is 1820. The van der Waals surface area contributed by atoms with Gasteiger partial charge in [-0.1, -0.05) is 6.92 Å². The zero-order chi connectivity index (χ0) is 32.7. The molecule has 1 aromatic carbocycles. The first kappa shape index (κ1) is 31.7. The van der Waals surface area contributed by atoms with Crippen molar-refractivity contribution in [1.82, 2.24) is 25.5 Å². The van der Waals surface area contributed by atoms with Crippen LogP contribution in [0.1, 0.15) is 52.8 Å². The fourth-order valence-corrected chi connectivity index (χ4v) is 6.67. The fraction of sp³-hybridized carbons (Fsp3) is 0.469. The van der Waals surface area contributed by atoms with Gasteiger partial charge < -0.3 is 39.8 Å². The number of rotatable bonds is 11. The number of esters is 1. The van der Waals surface area contributed by atoms with Crippen molar-refractivity contribution in [3.8, 4) is 11.4 Å². The standard InChI is InChI=1S/C32H36FN5O8/c1-16-17-4-5-32(2,14-44-6-7-45-15-36-25(40)11-35-24(39)10-34-3)27-19-12-38-23(28(19)37-22(26(17)27)9-21(16)33)8-18-20(30(38)42)13-46-31(43)29(18)41/h8-9,29,34,41H,4-7,10-15H2,1-3H3,(H,35,39)(H,36,40). The van der Waals surface area contributed by atoms with Crippen LogP contribution in [0.25, 0.3) is 22.3 Å². The first-order valence-corrected chi connectivity index (χ1v) is 15.1. The molecule has 2 atom stereocenters. The lowest BCUT2D eigenvalue weighted by Crippen LogP contribution is -2.40. The molecule has 0 bridgehead atoms. The Labute approximate surface area is 263 Å². The molecule has 2 amide bonds. The SMILES string of the molecule is CNCC(=O)NCC(=O)NCOCCOCC1(C)CCc2c(C)c(F)cc3nc4c(c1c23)Cn1c-4cc2c(c1=O)COC(=O)C2O. The molecule has 6 rings (SSSR count). The van der Waals surface area contributed by atoms with E-state index in [9.17, 15) is 24.3 Å². The van der Waals surface area contributed by atoms with Crippen LogP contribution in [0.5, 0.6) is 0 Å². The van der Waals surface area contributed by atoms with Crippen molar-refractivity contribution in [3.05, 3.63) is 61.7 Å². The summed E-state index contributed by atoms with van der Waals surface area (Å²) >= 11 is 0. The number of aliphatic hydroxyl groups excluding tert-OH is 1. The summed E-state index contributed by atoms with van der Waals surface area (Å²) in [4.78, 5) is 53.9. The largest absolute Gasteiger partial charge is 0.458 e. The highest BCUT2D eigenvalue weighted by molar-refractivity contribution is 5.93. The Morgan fingerprint density at radius 3 is 2.67 bits per heavy atom. The number of aryl methyl sites for hydroxylation is 1. The lowest BCUT2D eigenvalue weighted by Gasteiger charge is -2.37. The second-order valence-corrected chi connectivity index (χ2v) is 12.1. The number of hydrogen-bond acceptors (Lipinski definition) is 10. The van der Waals surface area contributed by atoms with Crippen LogP contribution in [-0.4, -0.2) is 79.1 Å². The average molecular weight is 638 g/mol. The van der Waals surface area contributed by atoms with Crippen LogP contribution in [0.2, 0.25) is 0 Å². The van der Waals surface area contributed by atoms with E-state index in [0.717, 1.165) is 22.1 Å². The molecular weight excluding hydrogens is 601 g/mol. The molecule has 46 heavy (non-hydrogen) atoms. The number of likely N-dealkylation sites (N-methyl/N-ethyl adjacent to an activating group) is 1. The number of carbonyl (C=O) groups excluding carboxylic acids is 3. The van der Waals surface area contributed by atoms with E-state index in [1.165, 1.54) is 6.07 Å². The number of nitrogens with zero attached hydrogens (tertiary/aromatic N) is 2. The molecule has 2 aliphatic heterocycles. The summed E-state index contributed by atoms with van der Waals surface area (Å²) in [6, 6.07) is 3.04. The first-order chi connectivity index (χ1) is 22.0. The second-order valence-electron chi connectivity index (χ2n) is 12.1. The number of aliphatic hydroxyl groups is 1. The van der Waals surface area contributed by atoms with Gasteiger partial charge in [0.25, 0.3) is 5.56 Å². The van der Waals surface area contributed by atoms with Gasteiger partial charge in [0.05, 0.1) is 61.9 Å². The predicted octanol–water partition coefficient (Wildman–Crippen LogP) is 0.609. The predicted molar refractivity (Wildman–Crippen MR) is 162 cm³/mol. The number of amides is 2. The number of pyridine rings is 2. The van der Waals surface area contributed by atoms with E-state index in [-0.39, 0.29) is 80.5 Å². The van der Waals surface area contributed by atoms with E-state index in [1.807, 2.05) is 0 Å². The third-order valence-corrected chi connectivity index (χ3v) is 9.05. The van der Waals surface area contributed by atoms with Crippen LogP contribution in [0, 0.1) is 12.7 Å². The molecule has 13 nitrogen and oxygen atoms in total. The highest BCUT2D eigenvalue weighted by atomic mass is 19.1. The summed E-state index contributed by atoms with van der Waals surface area (Å²) in [6.45, 7) is 4.54. The van der Waals surface area contributed by atoms with E-state index in [0.29, 0.717) is 41.9 Å². The van der Waals surface area contributed by atoms with Crippen molar-refractivity contribution < 1.29 is 38.1 Å². The molecule has 0 saturated heterocycles. The normalized spacial score (nSPS) is 19.3. The highest BCUT2D eigenvalue weighted by Crippen LogP contribution is 2.48. The lowest BCUT2D eigenvalue weighted by molar-refractivity contribution is -0.157. The summed E-state index contributed by atoms with van der Waals surface area (Å²) in [7, 11) is 1.64. The monoisotopic (exact) mass is 637 g/mol. The maximum absolute atomic E-state index is 15.1. The molecule has 2 unspecified atom stereocenters.